The number of nitrogens with zero attached hydrogens (tertiary/aromatic N) is 6. The largest absolute Gasteiger partial charge is 0.573 e. The van der Waals surface area contributed by atoms with Crippen molar-refractivity contribution in [1.82, 2.24) is 25.2 Å². The molecule has 0 aliphatic carbocycles. The number of hydrogen-bond donors (Lipinski definition) is 0. The van der Waals surface area contributed by atoms with E-state index in [1.807, 2.05) is 0 Å². The summed E-state index contributed by atoms with van der Waals surface area (Å²) in [7, 11) is 0. The van der Waals surface area contributed by atoms with E-state index < -0.39 is 17.9 Å². The molecule has 0 saturated carbocycles. The first-order valence-electron chi connectivity index (χ1n) is 6.58. The first-order valence-corrected chi connectivity index (χ1v) is 6.58. The van der Waals surface area contributed by atoms with Crippen LogP contribution in [-0.4, -0.2) is 31.6 Å². The molecule has 0 saturated heterocycles. The van der Waals surface area contributed by atoms with Crippen LogP contribution in [-0.2, 0) is 0 Å². The second-order valence-electron chi connectivity index (χ2n) is 4.58. The molecule has 0 amide bonds. The molecule has 0 radical (unpaired) electrons. The molecule has 25 heavy (non-hydrogen) atoms. The minimum absolute atomic E-state index is 0.0414. The molecule has 0 spiro atoms. The lowest BCUT2D eigenvalue weighted by Gasteiger charge is -2.13. The zero-order valence-electron chi connectivity index (χ0n) is 12.1. The number of nitriles is 1. The van der Waals surface area contributed by atoms with Crippen molar-refractivity contribution in [2.45, 2.75) is 6.36 Å². The summed E-state index contributed by atoms with van der Waals surface area (Å²) in [5.41, 5.74) is -0.423. The molecule has 3 aromatic rings. The number of benzene rings is 1. The van der Waals surface area contributed by atoms with Gasteiger partial charge in [-0.1, -0.05) is 6.07 Å². The fourth-order valence-corrected chi connectivity index (χ4v) is 1.92. The Morgan fingerprint density at radius 3 is 2.60 bits per heavy atom. The van der Waals surface area contributed by atoms with Crippen LogP contribution in [0, 0.1) is 17.1 Å². The van der Waals surface area contributed by atoms with E-state index in [1.165, 1.54) is 18.2 Å². The van der Waals surface area contributed by atoms with Crippen molar-refractivity contribution in [3.8, 4) is 29.0 Å². The molecule has 1 aromatic carbocycles. The second-order valence-corrected chi connectivity index (χ2v) is 4.58. The van der Waals surface area contributed by atoms with E-state index in [0.717, 1.165) is 23.1 Å². The van der Waals surface area contributed by atoms with Crippen LogP contribution in [0.4, 0.5) is 17.6 Å². The van der Waals surface area contributed by atoms with Gasteiger partial charge in [-0.3, -0.25) is 0 Å². The lowest BCUT2D eigenvalue weighted by Crippen LogP contribution is -2.19. The van der Waals surface area contributed by atoms with Gasteiger partial charge in [0.1, 0.15) is 23.3 Å². The van der Waals surface area contributed by atoms with E-state index in [-0.39, 0.29) is 22.8 Å². The van der Waals surface area contributed by atoms with Crippen molar-refractivity contribution in [3.05, 3.63) is 47.9 Å². The molecule has 3 rings (SSSR count). The topological polar surface area (TPSA) is 89.5 Å². The van der Waals surface area contributed by atoms with Crippen LogP contribution in [0.2, 0.25) is 0 Å². The smallest absolute Gasteiger partial charge is 0.402 e. The fraction of sp³-hybridized carbons (Fsp3) is 0.0714. The maximum absolute atomic E-state index is 12.9. The van der Waals surface area contributed by atoms with Gasteiger partial charge < -0.3 is 4.74 Å². The highest BCUT2D eigenvalue weighted by Crippen LogP contribution is 2.31. The summed E-state index contributed by atoms with van der Waals surface area (Å²) in [4.78, 5) is 4.52. The summed E-state index contributed by atoms with van der Waals surface area (Å²) in [6, 6.07) is 7.74. The van der Waals surface area contributed by atoms with Crippen LogP contribution in [0.5, 0.6) is 5.75 Å². The Kier molecular flexibility index (Phi) is 4.02. The molecule has 0 aliphatic heterocycles. The second kappa shape index (κ2) is 6.16. The maximum atomic E-state index is 12.9. The van der Waals surface area contributed by atoms with Crippen molar-refractivity contribution < 1.29 is 22.3 Å². The predicted octanol–water partition coefficient (Wildman–Crippen LogP) is 2.63. The first-order chi connectivity index (χ1) is 11.9. The molecule has 2 heterocycles. The highest BCUT2D eigenvalue weighted by molar-refractivity contribution is 5.56. The van der Waals surface area contributed by atoms with E-state index >= 15 is 0 Å². The molecule has 11 heteroatoms. The molecule has 0 aliphatic rings. The average molecular weight is 350 g/mol. The summed E-state index contributed by atoms with van der Waals surface area (Å²) in [5.74, 6) is -1.37. The summed E-state index contributed by atoms with van der Waals surface area (Å²) in [5, 5.41) is 20.2. The number of para-hydroxylation sites is 1. The highest BCUT2D eigenvalue weighted by atomic mass is 19.4. The van der Waals surface area contributed by atoms with Gasteiger partial charge >= 0.3 is 6.36 Å². The van der Waals surface area contributed by atoms with Crippen molar-refractivity contribution in [1.29, 1.82) is 5.26 Å². The van der Waals surface area contributed by atoms with Crippen LogP contribution in [0.15, 0.2) is 36.5 Å². The summed E-state index contributed by atoms with van der Waals surface area (Å²) >= 11 is 0. The molecule has 7 nitrogen and oxygen atoms in total. The number of aromatic nitrogens is 5. The standard InChI is InChI=1S/C14H6F4N6O/c15-9-4-5-10(20-7-9)13-21-23-24(22-13)11-3-1-2-8(6-19)12(11)25-14(16,17)18/h1-5,7H. The summed E-state index contributed by atoms with van der Waals surface area (Å²) < 4.78 is 54.7. The Morgan fingerprint density at radius 1 is 1.16 bits per heavy atom. The van der Waals surface area contributed by atoms with Crippen molar-refractivity contribution in [2.24, 2.45) is 0 Å². The van der Waals surface area contributed by atoms with Gasteiger partial charge in [0.25, 0.3) is 0 Å². The van der Waals surface area contributed by atoms with Gasteiger partial charge in [0.2, 0.25) is 5.82 Å². The van der Waals surface area contributed by atoms with E-state index in [0.29, 0.717) is 0 Å². The number of rotatable bonds is 3. The van der Waals surface area contributed by atoms with Crippen LogP contribution in [0.1, 0.15) is 5.56 Å². The lowest BCUT2D eigenvalue weighted by atomic mass is 10.2. The van der Waals surface area contributed by atoms with Crippen molar-refractivity contribution in [2.75, 3.05) is 0 Å². The quantitative estimate of drug-likeness (QED) is 0.675. The van der Waals surface area contributed by atoms with Crippen LogP contribution in [0.25, 0.3) is 17.2 Å². The molecule has 0 fully saturated rings. The minimum Gasteiger partial charge on any atom is -0.402 e. The number of halogens is 4. The fourth-order valence-electron chi connectivity index (χ4n) is 1.92. The first kappa shape index (κ1) is 16.3. The van der Waals surface area contributed by atoms with Crippen LogP contribution < -0.4 is 4.74 Å². The van der Waals surface area contributed by atoms with Crippen LogP contribution in [0.3, 0.4) is 0 Å². The molecule has 0 N–H and O–H groups in total. The number of hydrogen-bond acceptors (Lipinski definition) is 6. The molecular formula is C14H6F4N6O. The van der Waals surface area contributed by atoms with Gasteiger partial charge in [-0.25, -0.2) is 9.37 Å². The zero-order chi connectivity index (χ0) is 18.0. The van der Waals surface area contributed by atoms with E-state index in [2.05, 4.69) is 25.1 Å². The molecule has 0 atom stereocenters. The number of alkyl halides is 3. The average Bonchev–Trinajstić information content (AvgIpc) is 3.04. The normalized spacial score (nSPS) is 11.2. The molecular weight excluding hydrogens is 344 g/mol. The number of ether oxygens (including phenoxy) is 1. The number of pyridine rings is 1. The molecule has 0 bridgehead atoms. The minimum atomic E-state index is -5.01. The third-order valence-electron chi connectivity index (χ3n) is 2.92. The van der Waals surface area contributed by atoms with E-state index in [1.54, 1.807) is 6.07 Å². The van der Waals surface area contributed by atoms with Gasteiger partial charge in [0.15, 0.2) is 5.75 Å². The SMILES string of the molecule is N#Cc1cccc(-n2nnc(-c3ccc(F)cn3)n2)c1OC(F)(F)F. The Bertz CT molecular complexity index is 945. The van der Waals surface area contributed by atoms with Gasteiger partial charge in [0, 0.05) is 0 Å². The van der Waals surface area contributed by atoms with Gasteiger partial charge in [-0.05, 0) is 29.5 Å². The Hall–Kier alpha value is -3.55. The van der Waals surface area contributed by atoms with Gasteiger partial charge in [0.05, 0.1) is 11.8 Å². The van der Waals surface area contributed by atoms with E-state index in [9.17, 15) is 17.6 Å². The Balaban J connectivity index is 2.05. The Labute approximate surface area is 137 Å². The van der Waals surface area contributed by atoms with Gasteiger partial charge in [-0.2, -0.15) is 5.26 Å². The third kappa shape index (κ3) is 3.52. The number of tetrazole rings is 1. The zero-order valence-corrected chi connectivity index (χ0v) is 12.1. The predicted molar refractivity (Wildman–Crippen MR) is 73.7 cm³/mol. The third-order valence-corrected chi connectivity index (χ3v) is 2.92. The van der Waals surface area contributed by atoms with Crippen LogP contribution >= 0.6 is 0 Å². The molecule has 126 valence electrons. The lowest BCUT2D eigenvalue weighted by molar-refractivity contribution is -0.274. The van der Waals surface area contributed by atoms with Crippen molar-refractivity contribution in [3.63, 3.8) is 0 Å². The van der Waals surface area contributed by atoms with Crippen molar-refractivity contribution >= 4 is 0 Å². The molecule has 2 aromatic heterocycles. The Morgan fingerprint density at radius 2 is 1.96 bits per heavy atom. The summed E-state index contributed by atoms with van der Waals surface area (Å²) in [6.45, 7) is 0. The summed E-state index contributed by atoms with van der Waals surface area (Å²) in [6.07, 6.45) is -4.08. The van der Waals surface area contributed by atoms with E-state index in [4.69, 9.17) is 5.26 Å². The monoisotopic (exact) mass is 350 g/mol. The van der Waals surface area contributed by atoms with Gasteiger partial charge in [-0.15, -0.1) is 28.2 Å². The maximum Gasteiger partial charge on any atom is 0.573 e. The highest BCUT2D eigenvalue weighted by Gasteiger charge is 2.34. The molecule has 0 unspecified atom stereocenters.